The molecule has 150 valence electrons. The van der Waals surface area contributed by atoms with Crippen LogP contribution in [-0.4, -0.2) is 42.1 Å². The van der Waals surface area contributed by atoms with E-state index in [1.54, 1.807) is 6.07 Å². The summed E-state index contributed by atoms with van der Waals surface area (Å²) in [7, 11) is 0. The first-order valence-corrected chi connectivity index (χ1v) is 11.7. The number of ether oxygens (including phenoxy) is 1. The van der Waals surface area contributed by atoms with Crippen LogP contribution in [0.15, 0.2) is 36.5 Å². The van der Waals surface area contributed by atoms with Gasteiger partial charge in [0.1, 0.15) is 11.6 Å². The third kappa shape index (κ3) is 6.65. The van der Waals surface area contributed by atoms with E-state index < -0.39 is 0 Å². The average Bonchev–Trinajstić information content (AvgIpc) is 2.72. The van der Waals surface area contributed by atoms with E-state index in [-0.39, 0.29) is 12.5 Å². The molecule has 1 aliphatic rings. The minimum Gasteiger partial charge on any atom is -0.484 e. The highest BCUT2D eigenvalue weighted by molar-refractivity contribution is 8.16. The Labute approximate surface area is 183 Å². The number of pyridine rings is 1. The second-order valence-electron chi connectivity index (χ2n) is 6.05. The van der Waals surface area contributed by atoms with Gasteiger partial charge in [0.25, 0.3) is 5.91 Å². The Balaban J connectivity index is 1.34. The first-order chi connectivity index (χ1) is 13.6. The molecule has 1 saturated heterocycles. The van der Waals surface area contributed by atoms with Gasteiger partial charge in [-0.15, -0.1) is 23.5 Å². The molecule has 1 aromatic carbocycles. The number of benzene rings is 1. The van der Waals surface area contributed by atoms with Gasteiger partial charge in [0.05, 0.1) is 14.6 Å². The monoisotopic (exact) mass is 457 g/mol. The van der Waals surface area contributed by atoms with Crippen LogP contribution in [0.1, 0.15) is 16.6 Å². The SMILES string of the molecule is O=C(COc1ccc(C2SCCCS2)cc1)NCCNc1ncc(Cl)cc1Cl. The van der Waals surface area contributed by atoms with Crippen molar-refractivity contribution >= 4 is 58.5 Å². The normalized spacial score (nSPS) is 14.5. The Bertz CT molecular complexity index is 787. The molecule has 28 heavy (non-hydrogen) atoms. The molecule has 0 bridgehead atoms. The van der Waals surface area contributed by atoms with E-state index in [1.807, 2.05) is 35.7 Å². The molecule has 0 radical (unpaired) electrons. The predicted octanol–water partition coefficient (Wildman–Crippen LogP) is 4.86. The van der Waals surface area contributed by atoms with E-state index in [4.69, 9.17) is 27.9 Å². The number of thioether (sulfide) groups is 2. The number of nitrogens with zero attached hydrogens (tertiary/aromatic N) is 1. The third-order valence-corrected chi connectivity index (χ3v) is 7.41. The van der Waals surface area contributed by atoms with E-state index in [9.17, 15) is 4.79 Å². The van der Waals surface area contributed by atoms with Crippen LogP contribution in [-0.2, 0) is 4.79 Å². The molecular formula is C19H21Cl2N3O2S2. The molecule has 9 heteroatoms. The summed E-state index contributed by atoms with van der Waals surface area (Å²) in [6, 6.07) is 9.62. The highest BCUT2D eigenvalue weighted by atomic mass is 35.5. The molecule has 1 aliphatic heterocycles. The maximum atomic E-state index is 11.9. The van der Waals surface area contributed by atoms with Gasteiger partial charge < -0.3 is 15.4 Å². The largest absolute Gasteiger partial charge is 0.484 e. The maximum Gasteiger partial charge on any atom is 0.258 e. The lowest BCUT2D eigenvalue weighted by atomic mass is 10.2. The fraction of sp³-hybridized carbons (Fsp3) is 0.368. The zero-order valence-electron chi connectivity index (χ0n) is 15.1. The van der Waals surface area contributed by atoms with Crippen molar-refractivity contribution in [3.8, 4) is 5.75 Å². The van der Waals surface area contributed by atoms with Crippen molar-refractivity contribution in [1.82, 2.24) is 10.3 Å². The number of hydrogen-bond acceptors (Lipinski definition) is 6. The lowest BCUT2D eigenvalue weighted by Gasteiger charge is -2.21. The van der Waals surface area contributed by atoms with Gasteiger partial charge >= 0.3 is 0 Å². The molecule has 3 rings (SSSR count). The van der Waals surface area contributed by atoms with Crippen LogP contribution in [0.4, 0.5) is 5.82 Å². The number of hydrogen-bond donors (Lipinski definition) is 2. The van der Waals surface area contributed by atoms with Crippen LogP contribution in [0, 0.1) is 0 Å². The Hall–Kier alpha value is -1.28. The van der Waals surface area contributed by atoms with Crippen LogP contribution in [0.3, 0.4) is 0 Å². The minimum atomic E-state index is -0.181. The van der Waals surface area contributed by atoms with Crippen LogP contribution in [0.2, 0.25) is 10.0 Å². The van der Waals surface area contributed by atoms with Crippen molar-refractivity contribution < 1.29 is 9.53 Å². The van der Waals surface area contributed by atoms with Gasteiger partial charge in [0, 0.05) is 19.3 Å². The topological polar surface area (TPSA) is 63.2 Å². The molecule has 0 spiro atoms. The fourth-order valence-electron chi connectivity index (χ4n) is 2.53. The number of anilines is 1. The number of amides is 1. The summed E-state index contributed by atoms with van der Waals surface area (Å²) in [6.45, 7) is 0.898. The average molecular weight is 458 g/mol. The predicted molar refractivity (Wildman–Crippen MR) is 120 cm³/mol. The molecular weight excluding hydrogens is 437 g/mol. The highest BCUT2D eigenvalue weighted by Crippen LogP contribution is 2.43. The van der Waals surface area contributed by atoms with Crippen molar-refractivity contribution in [2.75, 3.05) is 36.5 Å². The summed E-state index contributed by atoms with van der Waals surface area (Å²) in [6.07, 6.45) is 2.79. The Morgan fingerprint density at radius 3 is 2.64 bits per heavy atom. The zero-order valence-corrected chi connectivity index (χ0v) is 18.3. The Morgan fingerprint density at radius 2 is 1.93 bits per heavy atom. The van der Waals surface area contributed by atoms with Crippen molar-refractivity contribution in [3.05, 3.63) is 52.1 Å². The summed E-state index contributed by atoms with van der Waals surface area (Å²) in [5.74, 6) is 3.47. The number of halogens is 2. The molecule has 1 amide bonds. The van der Waals surface area contributed by atoms with Gasteiger partial charge in [-0.3, -0.25) is 4.79 Å². The van der Waals surface area contributed by atoms with E-state index in [1.165, 1.54) is 29.7 Å². The summed E-state index contributed by atoms with van der Waals surface area (Å²) in [5, 5.41) is 6.75. The van der Waals surface area contributed by atoms with Crippen LogP contribution in [0.25, 0.3) is 0 Å². The molecule has 0 atom stereocenters. The summed E-state index contributed by atoms with van der Waals surface area (Å²) in [5.41, 5.74) is 1.30. The number of nitrogens with one attached hydrogen (secondary N) is 2. The van der Waals surface area contributed by atoms with E-state index >= 15 is 0 Å². The summed E-state index contributed by atoms with van der Waals surface area (Å²) < 4.78 is 6.07. The lowest BCUT2D eigenvalue weighted by molar-refractivity contribution is -0.123. The van der Waals surface area contributed by atoms with E-state index in [0.29, 0.717) is 39.3 Å². The van der Waals surface area contributed by atoms with Crippen LogP contribution < -0.4 is 15.4 Å². The standard InChI is InChI=1S/C19H21Cl2N3O2S2/c20-14-10-16(21)18(24-11-14)23-7-6-22-17(25)12-26-15-4-2-13(3-5-15)19-27-8-1-9-28-19/h2-5,10-11,19H,1,6-9,12H2,(H,22,25)(H,23,24). The number of aromatic nitrogens is 1. The first kappa shape index (κ1) is 21.4. The molecule has 0 saturated carbocycles. The van der Waals surface area contributed by atoms with E-state index in [2.05, 4.69) is 27.8 Å². The van der Waals surface area contributed by atoms with Crippen LogP contribution >= 0.6 is 46.7 Å². The molecule has 1 aromatic heterocycles. The molecule has 2 N–H and O–H groups in total. The van der Waals surface area contributed by atoms with E-state index in [0.717, 1.165) is 0 Å². The Morgan fingerprint density at radius 1 is 1.18 bits per heavy atom. The molecule has 2 aromatic rings. The second-order valence-corrected chi connectivity index (χ2v) is 9.61. The van der Waals surface area contributed by atoms with Gasteiger partial charge in [-0.05, 0) is 41.7 Å². The zero-order chi connectivity index (χ0) is 19.8. The first-order valence-electron chi connectivity index (χ1n) is 8.89. The highest BCUT2D eigenvalue weighted by Gasteiger charge is 2.16. The quantitative estimate of drug-likeness (QED) is 0.551. The smallest absolute Gasteiger partial charge is 0.258 e. The fourth-order valence-corrected chi connectivity index (χ4v) is 5.87. The number of carbonyl (C=O) groups is 1. The summed E-state index contributed by atoms with van der Waals surface area (Å²) in [4.78, 5) is 16.0. The van der Waals surface area contributed by atoms with Crippen molar-refractivity contribution in [2.45, 2.75) is 11.0 Å². The minimum absolute atomic E-state index is 0.0216. The third-order valence-electron chi connectivity index (χ3n) is 3.90. The van der Waals surface area contributed by atoms with Crippen molar-refractivity contribution in [1.29, 1.82) is 0 Å². The lowest BCUT2D eigenvalue weighted by Crippen LogP contribution is -2.32. The molecule has 5 nitrogen and oxygen atoms in total. The van der Waals surface area contributed by atoms with Crippen molar-refractivity contribution in [3.63, 3.8) is 0 Å². The van der Waals surface area contributed by atoms with Crippen LogP contribution in [0.5, 0.6) is 5.75 Å². The number of carbonyl (C=O) groups excluding carboxylic acids is 1. The van der Waals surface area contributed by atoms with Gasteiger partial charge in [-0.2, -0.15) is 0 Å². The second kappa shape index (κ2) is 11.0. The summed E-state index contributed by atoms with van der Waals surface area (Å²) >= 11 is 15.8. The molecule has 2 heterocycles. The number of rotatable bonds is 8. The van der Waals surface area contributed by atoms with Gasteiger partial charge in [-0.25, -0.2) is 4.98 Å². The van der Waals surface area contributed by atoms with Gasteiger partial charge in [0.2, 0.25) is 0 Å². The van der Waals surface area contributed by atoms with Crippen molar-refractivity contribution in [2.24, 2.45) is 0 Å². The van der Waals surface area contributed by atoms with Gasteiger partial charge in [-0.1, -0.05) is 35.3 Å². The van der Waals surface area contributed by atoms with Gasteiger partial charge in [0.15, 0.2) is 6.61 Å². The Kier molecular flexibility index (Phi) is 8.45. The molecule has 1 fully saturated rings. The molecule has 0 unspecified atom stereocenters. The molecule has 0 aliphatic carbocycles. The maximum absolute atomic E-state index is 11.9.